The average Bonchev–Trinajstić information content (AvgIpc) is 3.08. The van der Waals surface area contributed by atoms with Crippen molar-refractivity contribution in [2.75, 3.05) is 6.54 Å². The van der Waals surface area contributed by atoms with Gasteiger partial charge in [0, 0.05) is 17.7 Å². The summed E-state index contributed by atoms with van der Waals surface area (Å²) in [4.78, 5) is 14.1. The number of carbonyl (C=O) groups is 1. The van der Waals surface area contributed by atoms with E-state index in [-0.39, 0.29) is 24.2 Å². The minimum Gasteiger partial charge on any atom is -0.399 e. The number of fused-ring (bicyclic) bond motifs is 1. The van der Waals surface area contributed by atoms with Crippen LogP contribution in [-0.2, 0) is 15.7 Å². The number of hydrogen-bond acceptors (Lipinski definition) is 4. The Kier molecular flexibility index (Phi) is 5.51. The lowest BCUT2D eigenvalue weighted by molar-refractivity contribution is 0.00578. The minimum atomic E-state index is -0.833. The predicted octanol–water partition coefficient (Wildman–Crippen LogP) is 3.46. The van der Waals surface area contributed by atoms with Gasteiger partial charge >= 0.3 is 7.12 Å². The molecule has 1 fully saturated rings. The SMILES string of the molecule is CC1(C)OB(c2cccc(CCCCN3C(=O)c4ccccc4C3O)c2)OC1(C)C. The summed E-state index contributed by atoms with van der Waals surface area (Å²) in [6.45, 7) is 8.78. The molecule has 0 saturated carbocycles. The molecule has 2 heterocycles. The van der Waals surface area contributed by atoms with Gasteiger partial charge in [0.05, 0.1) is 11.2 Å². The van der Waals surface area contributed by atoms with Crippen LogP contribution in [0.15, 0.2) is 48.5 Å². The van der Waals surface area contributed by atoms with Crippen molar-refractivity contribution in [2.24, 2.45) is 0 Å². The number of nitrogens with zero attached hydrogens (tertiary/aromatic N) is 1. The van der Waals surface area contributed by atoms with Gasteiger partial charge in [0.25, 0.3) is 5.91 Å². The molecule has 2 aromatic carbocycles. The molecule has 0 aliphatic carbocycles. The molecular formula is C24H30BNO4. The third kappa shape index (κ3) is 3.80. The van der Waals surface area contributed by atoms with Gasteiger partial charge in [0.15, 0.2) is 6.23 Å². The molecule has 4 rings (SSSR count). The highest BCUT2D eigenvalue weighted by Crippen LogP contribution is 2.36. The maximum absolute atomic E-state index is 12.5. The lowest BCUT2D eigenvalue weighted by atomic mass is 9.78. The number of aryl methyl sites for hydroxylation is 1. The van der Waals surface area contributed by atoms with Gasteiger partial charge in [-0.2, -0.15) is 0 Å². The third-order valence-corrected chi connectivity index (χ3v) is 6.62. The maximum Gasteiger partial charge on any atom is 0.494 e. The molecule has 6 heteroatoms. The normalized spacial score (nSPS) is 21.9. The Labute approximate surface area is 179 Å². The molecule has 1 saturated heterocycles. The highest BCUT2D eigenvalue weighted by molar-refractivity contribution is 6.62. The van der Waals surface area contributed by atoms with Gasteiger partial charge in [-0.1, -0.05) is 42.5 Å². The van der Waals surface area contributed by atoms with Gasteiger partial charge in [-0.15, -0.1) is 0 Å². The Morgan fingerprint density at radius 2 is 1.70 bits per heavy atom. The van der Waals surface area contributed by atoms with Crippen molar-refractivity contribution in [3.8, 4) is 0 Å². The monoisotopic (exact) mass is 407 g/mol. The molecule has 1 N–H and O–H groups in total. The summed E-state index contributed by atoms with van der Waals surface area (Å²) in [7, 11) is -0.356. The number of amides is 1. The fraction of sp³-hybridized carbons (Fsp3) is 0.458. The summed E-state index contributed by atoms with van der Waals surface area (Å²) < 4.78 is 12.3. The molecule has 1 unspecified atom stereocenters. The van der Waals surface area contributed by atoms with Crippen LogP contribution in [0.3, 0.4) is 0 Å². The van der Waals surface area contributed by atoms with E-state index in [9.17, 15) is 9.90 Å². The first-order valence-corrected chi connectivity index (χ1v) is 10.7. The molecule has 158 valence electrons. The van der Waals surface area contributed by atoms with E-state index in [1.807, 2.05) is 30.3 Å². The quantitative estimate of drug-likeness (QED) is 0.589. The van der Waals surface area contributed by atoms with E-state index in [1.54, 1.807) is 11.0 Å². The Bertz CT molecular complexity index is 926. The van der Waals surface area contributed by atoms with E-state index in [0.717, 1.165) is 24.7 Å². The van der Waals surface area contributed by atoms with Crippen LogP contribution < -0.4 is 5.46 Å². The van der Waals surface area contributed by atoms with Crippen LogP contribution >= 0.6 is 0 Å². The summed E-state index contributed by atoms with van der Waals surface area (Å²) in [5, 5.41) is 10.4. The van der Waals surface area contributed by atoms with Gasteiger partial charge in [0.1, 0.15) is 0 Å². The van der Waals surface area contributed by atoms with Crippen molar-refractivity contribution >= 4 is 18.5 Å². The van der Waals surface area contributed by atoms with Crippen LogP contribution in [0.25, 0.3) is 0 Å². The summed E-state index contributed by atoms with van der Waals surface area (Å²) in [6.07, 6.45) is 1.83. The van der Waals surface area contributed by atoms with Crippen molar-refractivity contribution in [2.45, 2.75) is 64.4 Å². The molecule has 2 aliphatic heterocycles. The van der Waals surface area contributed by atoms with Crippen molar-refractivity contribution in [1.82, 2.24) is 4.90 Å². The van der Waals surface area contributed by atoms with Gasteiger partial charge in [-0.05, 0) is 64.1 Å². The minimum absolute atomic E-state index is 0.0825. The van der Waals surface area contributed by atoms with Crippen molar-refractivity contribution in [3.05, 3.63) is 65.2 Å². The molecule has 1 atom stereocenters. The maximum atomic E-state index is 12.5. The van der Waals surface area contributed by atoms with Gasteiger partial charge in [0.2, 0.25) is 0 Å². The van der Waals surface area contributed by atoms with Crippen LogP contribution in [0.2, 0.25) is 0 Å². The van der Waals surface area contributed by atoms with Crippen molar-refractivity contribution in [3.63, 3.8) is 0 Å². The van der Waals surface area contributed by atoms with Crippen molar-refractivity contribution in [1.29, 1.82) is 0 Å². The highest BCUT2D eigenvalue weighted by Gasteiger charge is 2.51. The van der Waals surface area contributed by atoms with Gasteiger partial charge in [-0.25, -0.2) is 0 Å². The Hall–Kier alpha value is -2.15. The first kappa shape index (κ1) is 21.1. The molecule has 30 heavy (non-hydrogen) atoms. The first-order chi connectivity index (χ1) is 14.2. The molecule has 0 spiro atoms. The second kappa shape index (κ2) is 7.84. The number of aliphatic hydroxyl groups is 1. The van der Waals surface area contributed by atoms with Crippen LogP contribution in [0.5, 0.6) is 0 Å². The first-order valence-electron chi connectivity index (χ1n) is 10.7. The summed E-state index contributed by atoms with van der Waals surface area (Å²) in [6, 6.07) is 15.6. The zero-order valence-corrected chi connectivity index (χ0v) is 18.2. The number of carbonyl (C=O) groups excluding carboxylic acids is 1. The topological polar surface area (TPSA) is 59.0 Å². The second-order valence-electron chi connectivity index (χ2n) is 9.25. The standard InChI is InChI=1S/C24H30BNO4/c1-23(2)24(3,4)30-25(29-23)18-12-9-11-17(16-18)10-7-8-15-26-21(27)19-13-5-6-14-20(19)22(26)28/h5-6,9,11-14,16,21,27H,7-8,10,15H2,1-4H3. The molecule has 1 amide bonds. The molecule has 2 aliphatic rings. The van der Waals surface area contributed by atoms with E-state index >= 15 is 0 Å². The van der Waals surface area contributed by atoms with Crippen LogP contribution in [0.1, 0.15) is 68.2 Å². The Balaban J connectivity index is 1.32. The summed E-state index contributed by atoms with van der Waals surface area (Å²) >= 11 is 0. The highest BCUT2D eigenvalue weighted by atomic mass is 16.7. The van der Waals surface area contributed by atoms with E-state index in [2.05, 4.69) is 39.8 Å². The molecule has 0 radical (unpaired) electrons. The molecule has 0 aromatic heterocycles. The van der Waals surface area contributed by atoms with Crippen LogP contribution in [0, 0.1) is 0 Å². The predicted molar refractivity (Wildman–Crippen MR) is 118 cm³/mol. The fourth-order valence-electron chi connectivity index (χ4n) is 4.06. The van der Waals surface area contributed by atoms with Crippen molar-refractivity contribution < 1.29 is 19.2 Å². The van der Waals surface area contributed by atoms with Crippen LogP contribution in [0.4, 0.5) is 0 Å². The number of aliphatic hydroxyl groups excluding tert-OH is 1. The zero-order chi connectivity index (χ0) is 21.5. The number of benzene rings is 2. The Morgan fingerprint density at radius 3 is 2.40 bits per heavy atom. The lowest BCUT2D eigenvalue weighted by Crippen LogP contribution is -2.41. The summed E-state index contributed by atoms with van der Waals surface area (Å²) in [5.74, 6) is -0.0825. The lowest BCUT2D eigenvalue weighted by Gasteiger charge is -2.32. The van der Waals surface area contributed by atoms with E-state index in [4.69, 9.17) is 9.31 Å². The Morgan fingerprint density at radius 1 is 1.00 bits per heavy atom. The molecule has 0 bridgehead atoms. The molecule has 2 aromatic rings. The number of unbranched alkanes of at least 4 members (excludes halogenated alkanes) is 1. The third-order valence-electron chi connectivity index (χ3n) is 6.62. The van der Waals surface area contributed by atoms with Crippen LogP contribution in [-0.4, -0.2) is 40.8 Å². The van der Waals surface area contributed by atoms with E-state index in [0.29, 0.717) is 17.7 Å². The van der Waals surface area contributed by atoms with Gasteiger partial charge in [-0.3, -0.25) is 4.79 Å². The molecule has 5 nitrogen and oxygen atoms in total. The average molecular weight is 407 g/mol. The van der Waals surface area contributed by atoms with E-state index in [1.165, 1.54) is 5.56 Å². The largest absolute Gasteiger partial charge is 0.494 e. The number of rotatable bonds is 6. The summed E-state index contributed by atoms with van der Waals surface area (Å²) in [5.41, 5.74) is 2.87. The zero-order valence-electron chi connectivity index (χ0n) is 18.2. The van der Waals surface area contributed by atoms with Gasteiger partial charge < -0.3 is 19.3 Å². The molecular weight excluding hydrogens is 377 g/mol. The smallest absolute Gasteiger partial charge is 0.399 e. The van der Waals surface area contributed by atoms with E-state index < -0.39 is 6.23 Å². The second-order valence-corrected chi connectivity index (χ2v) is 9.25. The fourth-order valence-corrected chi connectivity index (χ4v) is 4.06. The number of hydrogen-bond donors (Lipinski definition) is 1.